The minimum Gasteiger partial charge on any atom is -0.497 e. The van der Waals surface area contributed by atoms with Crippen LogP contribution in [0.4, 0.5) is 5.69 Å². The van der Waals surface area contributed by atoms with E-state index in [9.17, 15) is 4.79 Å². The molecule has 5 heteroatoms. The Balaban J connectivity index is 2.15. The molecule has 0 saturated carbocycles. The molecule has 0 bridgehead atoms. The Labute approximate surface area is 142 Å². The average Bonchev–Trinajstić information content (AvgIpc) is 2.57. The maximum atomic E-state index is 12.5. The van der Waals surface area contributed by atoms with E-state index in [1.165, 1.54) is 0 Å². The Bertz CT molecular complexity index is 707. The molecular weight excluding hydrogens is 306 g/mol. The fourth-order valence-corrected chi connectivity index (χ4v) is 2.36. The Kier molecular flexibility index (Phi) is 5.68. The molecule has 1 atom stereocenters. The highest BCUT2D eigenvalue weighted by Gasteiger charge is 2.18. The molecule has 0 saturated heterocycles. The molecule has 0 aliphatic rings. The van der Waals surface area contributed by atoms with E-state index in [4.69, 9.17) is 14.2 Å². The van der Waals surface area contributed by atoms with Gasteiger partial charge in [0.2, 0.25) is 0 Å². The van der Waals surface area contributed by atoms with Crippen molar-refractivity contribution in [3.8, 4) is 17.2 Å². The molecule has 1 N–H and O–H groups in total. The van der Waals surface area contributed by atoms with E-state index >= 15 is 0 Å². The highest BCUT2D eigenvalue weighted by molar-refractivity contribution is 5.95. The van der Waals surface area contributed by atoms with E-state index in [-0.39, 0.29) is 5.91 Å². The molecule has 5 nitrogen and oxygen atoms in total. The van der Waals surface area contributed by atoms with Crippen molar-refractivity contribution >= 4 is 11.6 Å². The van der Waals surface area contributed by atoms with E-state index in [0.717, 1.165) is 16.9 Å². The lowest BCUT2D eigenvalue weighted by Gasteiger charge is -2.19. The number of methoxy groups -OCH3 is 2. The van der Waals surface area contributed by atoms with Crippen LogP contribution >= 0.6 is 0 Å². The van der Waals surface area contributed by atoms with Crippen LogP contribution < -0.4 is 19.5 Å². The summed E-state index contributed by atoms with van der Waals surface area (Å²) in [6.07, 6.45) is -0.652. The summed E-state index contributed by atoms with van der Waals surface area (Å²) in [7, 11) is 3.12. The standard InChI is InChI=1S/C19H23NO4/c1-12-7-6-8-13(2)18(12)24-14(3)19(21)20-16-11-15(22-4)9-10-17(16)23-5/h6-11,14H,1-5H3,(H,20,21)/t14-/m0/s1. The van der Waals surface area contributed by atoms with Crippen LogP contribution in [0.2, 0.25) is 0 Å². The van der Waals surface area contributed by atoms with Crippen molar-refractivity contribution in [1.82, 2.24) is 0 Å². The zero-order chi connectivity index (χ0) is 17.7. The van der Waals surface area contributed by atoms with Gasteiger partial charge in [-0.3, -0.25) is 4.79 Å². The van der Waals surface area contributed by atoms with Gasteiger partial charge in [0, 0.05) is 6.07 Å². The highest BCUT2D eigenvalue weighted by atomic mass is 16.5. The lowest BCUT2D eigenvalue weighted by Crippen LogP contribution is -2.30. The first-order valence-electron chi connectivity index (χ1n) is 7.72. The number of nitrogens with one attached hydrogen (secondary N) is 1. The summed E-state index contributed by atoms with van der Waals surface area (Å²) in [6.45, 7) is 5.63. The SMILES string of the molecule is COc1ccc(OC)c(NC(=O)[C@H](C)Oc2c(C)cccc2C)c1. The van der Waals surface area contributed by atoms with E-state index in [0.29, 0.717) is 17.2 Å². The van der Waals surface area contributed by atoms with Crippen LogP contribution in [0.1, 0.15) is 18.1 Å². The summed E-state index contributed by atoms with van der Waals surface area (Å²) in [5.41, 5.74) is 2.53. The van der Waals surface area contributed by atoms with Crippen molar-refractivity contribution in [1.29, 1.82) is 0 Å². The first kappa shape index (κ1) is 17.7. The van der Waals surface area contributed by atoms with Crippen molar-refractivity contribution in [2.24, 2.45) is 0 Å². The van der Waals surface area contributed by atoms with Crippen LogP contribution in [-0.2, 0) is 4.79 Å². The predicted octanol–water partition coefficient (Wildman–Crippen LogP) is 3.73. The molecule has 0 aromatic heterocycles. The van der Waals surface area contributed by atoms with Crippen molar-refractivity contribution in [2.45, 2.75) is 26.9 Å². The molecule has 2 aromatic carbocycles. The van der Waals surface area contributed by atoms with Gasteiger partial charge in [0.05, 0.1) is 19.9 Å². The molecular formula is C19H23NO4. The van der Waals surface area contributed by atoms with Crippen molar-refractivity contribution in [3.63, 3.8) is 0 Å². The predicted molar refractivity (Wildman–Crippen MR) is 94.2 cm³/mol. The number of benzene rings is 2. The number of aryl methyl sites for hydroxylation is 2. The zero-order valence-corrected chi connectivity index (χ0v) is 14.7. The van der Waals surface area contributed by atoms with Crippen LogP contribution in [0.3, 0.4) is 0 Å². The van der Waals surface area contributed by atoms with Crippen LogP contribution in [-0.4, -0.2) is 26.2 Å². The zero-order valence-electron chi connectivity index (χ0n) is 14.7. The topological polar surface area (TPSA) is 56.8 Å². The summed E-state index contributed by atoms with van der Waals surface area (Å²) >= 11 is 0. The summed E-state index contributed by atoms with van der Waals surface area (Å²) in [5, 5.41) is 2.83. The minimum absolute atomic E-state index is 0.260. The third-order valence-corrected chi connectivity index (χ3v) is 3.74. The van der Waals surface area contributed by atoms with Gasteiger partial charge in [-0.2, -0.15) is 0 Å². The number of rotatable bonds is 6. The number of para-hydroxylation sites is 1. The summed E-state index contributed by atoms with van der Waals surface area (Å²) in [4.78, 5) is 12.5. The molecule has 0 aliphatic heterocycles. The Morgan fingerprint density at radius 3 is 2.29 bits per heavy atom. The molecule has 0 radical (unpaired) electrons. The summed E-state index contributed by atoms with van der Waals surface area (Å²) < 4.78 is 16.3. The first-order chi connectivity index (χ1) is 11.5. The Hall–Kier alpha value is -2.69. The van der Waals surface area contributed by atoms with E-state index in [1.54, 1.807) is 39.3 Å². The lowest BCUT2D eigenvalue weighted by atomic mass is 10.1. The molecule has 1 amide bonds. The molecule has 0 heterocycles. The lowest BCUT2D eigenvalue weighted by molar-refractivity contribution is -0.122. The third-order valence-electron chi connectivity index (χ3n) is 3.74. The molecule has 0 spiro atoms. The molecule has 0 unspecified atom stereocenters. The van der Waals surface area contributed by atoms with E-state index in [2.05, 4.69) is 5.32 Å². The van der Waals surface area contributed by atoms with Crippen LogP contribution in [0, 0.1) is 13.8 Å². The normalized spacial score (nSPS) is 11.5. The van der Waals surface area contributed by atoms with Crippen molar-refractivity contribution < 1.29 is 19.0 Å². The number of amides is 1. The Morgan fingerprint density at radius 2 is 1.71 bits per heavy atom. The van der Waals surface area contributed by atoms with Crippen LogP contribution in [0.5, 0.6) is 17.2 Å². The molecule has 0 fully saturated rings. The van der Waals surface area contributed by atoms with Gasteiger partial charge in [0.15, 0.2) is 6.10 Å². The van der Waals surface area contributed by atoms with Gasteiger partial charge in [-0.25, -0.2) is 0 Å². The third kappa shape index (κ3) is 3.98. The van der Waals surface area contributed by atoms with Gasteiger partial charge < -0.3 is 19.5 Å². The molecule has 24 heavy (non-hydrogen) atoms. The second-order valence-corrected chi connectivity index (χ2v) is 5.54. The largest absolute Gasteiger partial charge is 0.497 e. The molecule has 128 valence electrons. The summed E-state index contributed by atoms with van der Waals surface area (Å²) in [5.74, 6) is 1.67. The fourth-order valence-electron chi connectivity index (χ4n) is 2.36. The van der Waals surface area contributed by atoms with Gasteiger partial charge in [-0.1, -0.05) is 18.2 Å². The van der Waals surface area contributed by atoms with Gasteiger partial charge in [0.1, 0.15) is 17.2 Å². The smallest absolute Gasteiger partial charge is 0.265 e. The average molecular weight is 329 g/mol. The maximum Gasteiger partial charge on any atom is 0.265 e. The van der Waals surface area contributed by atoms with Crippen molar-refractivity contribution in [2.75, 3.05) is 19.5 Å². The number of hydrogen-bond donors (Lipinski definition) is 1. The monoisotopic (exact) mass is 329 g/mol. The van der Waals surface area contributed by atoms with E-state index < -0.39 is 6.10 Å². The van der Waals surface area contributed by atoms with Gasteiger partial charge in [0.25, 0.3) is 5.91 Å². The highest BCUT2D eigenvalue weighted by Crippen LogP contribution is 2.29. The summed E-state index contributed by atoms with van der Waals surface area (Å²) in [6, 6.07) is 11.1. The van der Waals surface area contributed by atoms with E-state index in [1.807, 2.05) is 32.0 Å². The molecule has 2 aromatic rings. The second-order valence-electron chi connectivity index (χ2n) is 5.54. The van der Waals surface area contributed by atoms with Gasteiger partial charge >= 0.3 is 0 Å². The minimum atomic E-state index is -0.652. The quantitative estimate of drug-likeness (QED) is 0.877. The number of carbonyl (C=O) groups is 1. The Morgan fingerprint density at radius 1 is 1.04 bits per heavy atom. The number of anilines is 1. The van der Waals surface area contributed by atoms with Crippen molar-refractivity contribution in [3.05, 3.63) is 47.5 Å². The molecule has 0 aliphatic carbocycles. The second kappa shape index (κ2) is 7.73. The first-order valence-corrected chi connectivity index (χ1v) is 7.72. The van der Waals surface area contributed by atoms with Crippen LogP contribution in [0.15, 0.2) is 36.4 Å². The number of ether oxygens (including phenoxy) is 3. The van der Waals surface area contributed by atoms with Gasteiger partial charge in [-0.15, -0.1) is 0 Å². The number of carbonyl (C=O) groups excluding carboxylic acids is 1. The maximum absolute atomic E-state index is 12.5. The van der Waals surface area contributed by atoms with Gasteiger partial charge in [-0.05, 0) is 44.0 Å². The number of hydrogen-bond acceptors (Lipinski definition) is 4. The molecule has 2 rings (SSSR count). The fraction of sp³-hybridized carbons (Fsp3) is 0.316. The van der Waals surface area contributed by atoms with Crippen LogP contribution in [0.25, 0.3) is 0 Å².